The van der Waals surface area contributed by atoms with E-state index in [0.717, 1.165) is 48.5 Å². The Morgan fingerprint density at radius 2 is 1.71 bits per heavy atom. The molecule has 3 aromatic carbocycles. The number of ether oxygens (including phenoxy) is 2. The summed E-state index contributed by atoms with van der Waals surface area (Å²) in [4.78, 5) is 14.6. The van der Waals surface area contributed by atoms with Crippen LogP contribution in [0.2, 0.25) is 0 Å². The van der Waals surface area contributed by atoms with Gasteiger partial charge in [0, 0.05) is 12.2 Å². The molecule has 0 aromatic heterocycles. The van der Waals surface area contributed by atoms with Crippen molar-refractivity contribution in [1.29, 1.82) is 0 Å². The van der Waals surface area contributed by atoms with Crippen LogP contribution in [0.15, 0.2) is 60.7 Å². The van der Waals surface area contributed by atoms with Gasteiger partial charge >= 0.3 is 5.97 Å². The van der Waals surface area contributed by atoms with Crippen LogP contribution in [0, 0.1) is 6.92 Å². The third-order valence-electron chi connectivity index (χ3n) is 7.34. The Kier molecular flexibility index (Phi) is 8.61. The average Bonchev–Trinajstić information content (AvgIpc) is 2.90. The highest BCUT2D eigenvalue weighted by molar-refractivity contribution is 5.90. The average molecular weight is 512 g/mol. The second-order valence-electron chi connectivity index (χ2n) is 10.7. The van der Waals surface area contributed by atoms with Crippen molar-refractivity contribution in [2.24, 2.45) is 0 Å². The van der Waals surface area contributed by atoms with E-state index in [9.17, 15) is 4.79 Å². The van der Waals surface area contributed by atoms with Crippen LogP contribution in [0.3, 0.4) is 0 Å². The molecule has 0 aliphatic heterocycles. The zero-order chi connectivity index (χ0) is 27.3. The van der Waals surface area contributed by atoms with Crippen LogP contribution in [0.4, 0.5) is 11.4 Å². The Hall–Kier alpha value is -3.53. The summed E-state index contributed by atoms with van der Waals surface area (Å²) in [6, 6.07) is 18.5. The maximum atomic E-state index is 12.3. The van der Waals surface area contributed by atoms with Crippen LogP contribution in [0.1, 0.15) is 85.6 Å². The highest BCUT2D eigenvalue weighted by Gasteiger charge is 2.31. The Labute approximate surface area is 228 Å². The number of carbonyl (C=O) groups is 1. The smallest absolute Gasteiger partial charge is 0.338 e. The molecule has 4 nitrogen and oxygen atoms in total. The highest BCUT2D eigenvalue weighted by atomic mass is 16.5. The summed E-state index contributed by atoms with van der Waals surface area (Å²) in [5.41, 5.74) is 9.12. The quantitative estimate of drug-likeness (QED) is 0.256. The van der Waals surface area contributed by atoms with Gasteiger partial charge in [0.25, 0.3) is 0 Å². The van der Waals surface area contributed by atoms with E-state index in [1.807, 2.05) is 31.2 Å². The predicted octanol–water partition coefficient (Wildman–Crippen LogP) is 8.56. The standard InChI is InChI=1S/C34H41NO3/c1-7-11-29-28-12-10-21-34(5,6)30(28)22-31(38-23-25-15-13-24(4)14-16-25)32(29)35(8-2)27-19-17-26(18-20-27)33(36)37-9-3/h10,12-20,22H,7-9,11,21,23H2,1-6H3. The Morgan fingerprint density at radius 1 is 1.00 bits per heavy atom. The second kappa shape index (κ2) is 11.9. The topological polar surface area (TPSA) is 38.8 Å². The van der Waals surface area contributed by atoms with Gasteiger partial charge in [0.05, 0.1) is 17.9 Å². The molecule has 0 saturated carbocycles. The number of esters is 1. The van der Waals surface area contributed by atoms with Gasteiger partial charge in [-0.1, -0.05) is 69.2 Å². The number of nitrogens with zero attached hydrogens (tertiary/aromatic N) is 1. The Bertz CT molecular complexity index is 1290. The van der Waals surface area contributed by atoms with Crippen LogP contribution < -0.4 is 9.64 Å². The van der Waals surface area contributed by atoms with Crippen LogP contribution >= 0.6 is 0 Å². The van der Waals surface area contributed by atoms with E-state index in [4.69, 9.17) is 9.47 Å². The van der Waals surface area contributed by atoms with E-state index in [-0.39, 0.29) is 11.4 Å². The minimum absolute atomic E-state index is 0.0331. The van der Waals surface area contributed by atoms with Crippen molar-refractivity contribution < 1.29 is 14.3 Å². The van der Waals surface area contributed by atoms with Gasteiger partial charge in [0.1, 0.15) is 12.4 Å². The number of carbonyl (C=O) groups excluding carboxylic acids is 1. The first-order valence-corrected chi connectivity index (χ1v) is 13.9. The molecule has 200 valence electrons. The lowest BCUT2D eigenvalue weighted by Gasteiger charge is -2.35. The van der Waals surface area contributed by atoms with Gasteiger partial charge in [0.2, 0.25) is 0 Å². The largest absolute Gasteiger partial charge is 0.487 e. The summed E-state index contributed by atoms with van der Waals surface area (Å²) in [7, 11) is 0. The van der Waals surface area contributed by atoms with E-state index in [2.05, 4.69) is 82.0 Å². The maximum absolute atomic E-state index is 12.3. The second-order valence-corrected chi connectivity index (χ2v) is 10.7. The number of anilines is 2. The van der Waals surface area contributed by atoms with Crippen LogP contribution in [-0.4, -0.2) is 19.1 Å². The normalized spacial score (nSPS) is 13.6. The molecule has 0 N–H and O–H groups in total. The molecule has 1 aliphatic rings. The SMILES string of the molecule is CCCc1c2c(cc(OCc3ccc(C)cc3)c1N(CC)c1ccc(C(=O)OCC)cc1)C(C)(C)CC=C2. The molecule has 4 heteroatoms. The minimum Gasteiger partial charge on any atom is -0.487 e. The fourth-order valence-electron chi connectivity index (χ4n) is 5.26. The Morgan fingerprint density at radius 3 is 2.34 bits per heavy atom. The number of allylic oxidation sites excluding steroid dienone is 1. The third-order valence-corrected chi connectivity index (χ3v) is 7.34. The van der Waals surface area contributed by atoms with E-state index < -0.39 is 0 Å². The zero-order valence-corrected chi connectivity index (χ0v) is 23.8. The van der Waals surface area contributed by atoms with Crippen molar-refractivity contribution in [3.05, 3.63) is 94.1 Å². The van der Waals surface area contributed by atoms with Crippen molar-refractivity contribution in [3.8, 4) is 5.75 Å². The number of fused-ring (bicyclic) bond motifs is 1. The third kappa shape index (κ3) is 5.80. The summed E-state index contributed by atoms with van der Waals surface area (Å²) < 4.78 is 11.9. The molecule has 0 unspecified atom stereocenters. The number of hydrogen-bond donors (Lipinski definition) is 0. The lowest BCUT2D eigenvalue weighted by atomic mass is 9.73. The molecule has 0 bridgehead atoms. The number of hydrogen-bond acceptors (Lipinski definition) is 4. The molecule has 38 heavy (non-hydrogen) atoms. The Balaban J connectivity index is 1.84. The van der Waals surface area contributed by atoms with E-state index >= 15 is 0 Å². The molecule has 0 heterocycles. The molecule has 0 amide bonds. The van der Waals surface area contributed by atoms with Gasteiger partial charge in [-0.2, -0.15) is 0 Å². The fraction of sp³-hybridized carbons (Fsp3) is 0.382. The first kappa shape index (κ1) is 27.5. The monoisotopic (exact) mass is 511 g/mol. The summed E-state index contributed by atoms with van der Waals surface area (Å²) in [5, 5.41) is 0. The van der Waals surface area contributed by atoms with Crippen molar-refractivity contribution >= 4 is 23.4 Å². The molecule has 0 fully saturated rings. The summed E-state index contributed by atoms with van der Waals surface area (Å²) >= 11 is 0. The molecule has 0 atom stereocenters. The van der Waals surface area contributed by atoms with E-state index in [1.54, 1.807) is 0 Å². The van der Waals surface area contributed by atoms with Crippen molar-refractivity contribution in [2.45, 2.75) is 72.8 Å². The van der Waals surface area contributed by atoms with Gasteiger partial charge in [-0.3, -0.25) is 0 Å². The number of aryl methyl sites for hydroxylation is 1. The lowest BCUT2D eigenvalue weighted by Crippen LogP contribution is -2.25. The molecule has 3 aromatic rings. The minimum atomic E-state index is -0.294. The van der Waals surface area contributed by atoms with Crippen molar-refractivity contribution in [3.63, 3.8) is 0 Å². The van der Waals surface area contributed by atoms with Crippen molar-refractivity contribution in [1.82, 2.24) is 0 Å². The maximum Gasteiger partial charge on any atom is 0.338 e. The van der Waals surface area contributed by atoms with Gasteiger partial charge < -0.3 is 14.4 Å². The van der Waals surface area contributed by atoms with Crippen LogP contribution in [-0.2, 0) is 23.2 Å². The lowest BCUT2D eigenvalue weighted by molar-refractivity contribution is 0.0526. The van der Waals surface area contributed by atoms with Gasteiger partial charge in [-0.05, 0) is 91.6 Å². The first-order valence-electron chi connectivity index (χ1n) is 13.9. The summed E-state index contributed by atoms with van der Waals surface area (Å²) in [5.74, 6) is 0.615. The van der Waals surface area contributed by atoms with Crippen molar-refractivity contribution in [2.75, 3.05) is 18.1 Å². The van der Waals surface area contributed by atoms with Crippen LogP contribution in [0.5, 0.6) is 5.75 Å². The van der Waals surface area contributed by atoms with Gasteiger partial charge in [-0.25, -0.2) is 4.79 Å². The fourth-order valence-corrected chi connectivity index (χ4v) is 5.26. The summed E-state index contributed by atoms with van der Waals surface area (Å²) in [6.45, 7) is 14.6. The number of benzene rings is 3. The first-order chi connectivity index (χ1) is 18.3. The summed E-state index contributed by atoms with van der Waals surface area (Å²) in [6.07, 6.45) is 7.61. The van der Waals surface area contributed by atoms with E-state index in [0.29, 0.717) is 18.8 Å². The molecule has 4 rings (SSSR count). The highest BCUT2D eigenvalue weighted by Crippen LogP contribution is 2.47. The van der Waals surface area contributed by atoms with E-state index in [1.165, 1.54) is 22.3 Å². The number of rotatable bonds is 10. The molecule has 0 radical (unpaired) electrons. The van der Waals surface area contributed by atoms with Crippen LogP contribution in [0.25, 0.3) is 6.08 Å². The molecular formula is C34H41NO3. The molecule has 0 saturated heterocycles. The zero-order valence-electron chi connectivity index (χ0n) is 23.8. The van der Waals surface area contributed by atoms with Gasteiger partial charge in [-0.15, -0.1) is 0 Å². The van der Waals surface area contributed by atoms with Gasteiger partial charge in [0.15, 0.2) is 0 Å². The molecular weight excluding hydrogens is 470 g/mol. The predicted molar refractivity (Wildman–Crippen MR) is 158 cm³/mol. The molecule has 0 spiro atoms. The molecule has 1 aliphatic carbocycles.